The number of ether oxygens (including phenoxy) is 2. The average Bonchev–Trinajstić information content (AvgIpc) is 2.46. The first-order valence-electron chi connectivity index (χ1n) is 6.18. The van der Waals surface area contributed by atoms with Crippen molar-refractivity contribution in [1.82, 2.24) is 0 Å². The van der Waals surface area contributed by atoms with Gasteiger partial charge in [-0.2, -0.15) is 0 Å². The molecule has 3 nitrogen and oxygen atoms in total. The Kier molecular flexibility index (Phi) is 5.28. The topological polar surface area (TPSA) is 44.5 Å². The lowest BCUT2D eigenvalue weighted by atomic mass is 10.2. The van der Waals surface area contributed by atoms with Gasteiger partial charge in [-0.15, -0.1) is 0 Å². The molecule has 112 valence electrons. The summed E-state index contributed by atoms with van der Waals surface area (Å²) in [6, 6.07) is 7.59. The molecule has 2 aromatic rings. The molecule has 0 atom stereocenters. The molecule has 0 saturated heterocycles. The number of benzene rings is 2. The molecule has 0 amide bonds. The summed E-state index contributed by atoms with van der Waals surface area (Å²) in [7, 11) is 1.52. The van der Waals surface area contributed by atoms with E-state index in [2.05, 4.69) is 0 Å². The number of hydrogen-bond donors (Lipinski definition) is 1. The van der Waals surface area contributed by atoms with Gasteiger partial charge in [0.15, 0.2) is 11.5 Å². The normalized spacial score (nSPS) is 10.5. The van der Waals surface area contributed by atoms with Gasteiger partial charge in [-0.1, -0.05) is 29.3 Å². The zero-order valence-corrected chi connectivity index (χ0v) is 12.8. The largest absolute Gasteiger partial charge is 0.493 e. The van der Waals surface area contributed by atoms with Crippen LogP contribution in [-0.2, 0) is 13.2 Å². The molecule has 0 bridgehead atoms. The second-order valence-electron chi connectivity index (χ2n) is 4.34. The first kappa shape index (κ1) is 15.9. The Labute approximate surface area is 132 Å². The third-order valence-electron chi connectivity index (χ3n) is 2.91. The number of methoxy groups -OCH3 is 1. The van der Waals surface area contributed by atoms with Crippen molar-refractivity contribution >= 4 is 23.2 Å². The third kappa shape index (κ3) is 3.79. The van der Waals surface area contributed by atoms with E-state index in [0.29, 0.717) is 33.7 Å². The Morgan fingerprint density at radius 2 is 1.90 bits per heavy atom. The van der Waals surface area contributed by atoms with E-state index in [1.807, 2.05) is 0 Å². The molecule has 2 N–H and O–H groups in total. The van der Waals surface area contributed by atoms with Crippen LogP contribution in [-0.4, -0.2) is 7.11 Å². The van der Waals surface area contributed by atoms with Crippen LogP contribution in [0, 0.1) is 5.82 Å². The fraction of sp³-hybridized carbons (Fsp3) is 0.200. The van der Waals surface area contributed by atoms with Gasteiger partial charge in [0, 0.05) is 12.1 Å². The molecule has 21 heavy (non-hydrogen) atoms. The summed E-state index contributed by atoms with van der Waals surface area (Å²) in [4.78, 5) is 0. The predicted octanol–water partition coefficient (Wildman–Crippen LogP) is 4.18. The van der Waals surface area contributed by atoms with Crippen LogP contribution >= 0.6 is 23.2 Å². The number of nitrogens with two attached hydrogens (primary N) is 1. The van der Waals surface area contributed by atoms with E-state index < -0.39 is 5.82 Å². The van der Waals surface area contributed by atoms with Gasteiger partial charge in [0.05, 0.1) is 17.2 Å². The van der Waals surface area contributed by atoms with Crippen molar-refractivity contribution in [3.05, 3.63) is 57.3 Å². The minimum atomic E-state index is -0.397. The van der Waals surface area contributed by atoms with E-state index in [9.17, 15) is 4.39 Å². The van der Waals surface area contributed by atoms with Crippen molar-refractivity contribution in [2.75, 3.05) is 7.11 Å². The van der Waals surface area contributed by atoms with Gasteiger partial charge >= 0.3 is 0 Å². The summed E-state index contributed by atoms with van der Waals surface area (Å²) < 4.78 is 23.9. The first-order valence-corrected chi connectivity index (χ1v) is 6.94. The van der Waals surface area contributed by atoms with Crippen molar-refractivity contribution in [3.63, 3.8) is 0 Å². The van der Waals surface area contributed by atoms with Crippen LogP contribution in [0.15, 0.2) is 30.3 Å². The standard InChI is InChI=1S/C15H14Cl2FNO2/c1-20-14-5-9(7-19)4-13(17)15(14)21-8-10-2-3-11(18)6-12(10)16/h2-6H,7-8,19H2,1H3. The molecule has 0 aliphatic rings. The van der Waals surface area contributed by atoms with Crippen LogP contribution in [0.5, 0.6) is 11.5 Å². The van der Waals surface area contributed by atoms with E-state index in [1.165, 1.54) is 19.2 Å². The van der Waals surface area contributed by atoms with E-state index in [1.54, 1.807) is 18.2 Å². The van der Waals surface area contributed by atoms with Gasteiger partial charge in [0.25, 0.3) is 0 Å². The lowest BCUT2D eigenvalue weighted by molar-refractivity contribution is 0.284. The lowest BCUT2D eigenvalue weighted by Crippen LogP contribution is -2.02. The van der Waals surface area contributed by atoms with Crippen LogP contribution < -0.4 is 15.2 Å². The summed E-state index contributed by atoms with van der Waals surface area (Å²) in [6.45, 7) is 0.497. The molecular weight excluding hydrogens is 316 g/mol. The molecular formula is C15H14Cl2FNO2. The van der Waals surface area contributed by atoms with E-state index in [4.69, 9.17) is 38.4 Å². The van der Waals surface area contributed by atoms with Crippen LogP contribution in [0.4, 0.5) is 4.39 Å². The average molecular weight is 330 g/mol. The SMILES string of the molecule is COc1cc(CN)cc(Cl)c1OCc1ccc(F)cc1Cl. The fourth-order valence-corrected chi connectivity index (χ4v) is 2.33. The van der Waals surface area contributed by atoms with Gasteiger partial charge in [0.1, 0.15) is 12.4 Å². The summed E-state index contributed by atoms with van der Waals surface area (Å²) >= 11 is 12.1. The fourth-order valence-electron chi connectivity index (χ4n) is 1.82. The summed E-state index contributed by atoms with van der Waals surface area (Å²) in [5.74, 6) is 0.490. The molecule has 0 radical (unpaired) electrons. The second kappa shape index (κ2) is 6.98. The predicted molar refractivity (Wildman–Crippen MR) is 81.6 cm³/mol. The summed E-state index contributed by atoms with van der Waals surface area (Å²) in [6.07, 6.45) is 0. The van der Waals surface area contributed by atoms with Crippen molar-refractivity contribution in [2.45, 2.75) is 13.2 Å². The van der Waals surface area contributed by atoms with Crippen LogP contribution in [0.2, 0.25) is 10.0 Å². The van der Waals surface area contributed by atoms with Gasteiger partial charge in [-0.05, 0) is 29.8 Å². The molecule has 0 saturated carbocycles. The van der Waals surface area contributed by atoms with Crippen molar-refractivity contribution in [3.8, 4) is 11.5 Å². The Balaban J connectivity index is 2.23. The molecule has 0 aliphatic carbocycles. The first-order chi connectivity index (χ1) is 10.0. The van der Waals surface area contributed by atoms with E-state index in [-0.39, 0.29) is 6.61 Å². The quantitative estimate of drug-likeness (QED) is 0.894. The Morgan fingerprint density at radius 3 is 2.52 bits per heavy atom. The number of rotatable bonds is 5. The Hall–Kier alpha value is -1.49. The van der Waals surface area contributed by atoms with Gasteiger partial charge in [-0.25, -0.2) is 4.39 Å². The maximum absolute atomic E-state index is 13.0. The second-order valence-corrected chi connectivity index (χ2v) is 5.15. The molecule has 0 spiro atoms. The minimum absolute atomic E-state index is 0.150. The monoisotopic (exact) mass is 329 g/mol. The van der Waals surface area contributed by atoms with Crippen molar-refractivity contribution < 1.29 is 13.9 Å². The third-order valence-corrected chi connectivity index (χ3v) is 3.54. The van der Waals surface area contributed by atoms with Crippen molar-refractivity contribution in [1.29, 1.82) is 0 Å². The molecule has 6 heteroatoms. The lowest BCUT2D eigenvalue weighted by Gasteiger charge is -2.14. The van der Waals surface area contributed by atoms with Crippen molar-refractivity contribution in [2.24, 2.45) is 5.73 Å². The van der Waals surface area contributed by atoms with E-state index >= 15 is 0 Å². The maximum atomic E-state index is 13.0. The smallest absolute Gasteiger partial charge is 0.180 e. The van der Waals surface area contributed by atoms with E-state index in [0.717, 1.165) is 5.56 Å². The summed E-state index contributed by atoms with van der Waals surface area (Å²) in [5, 5.41) is 0.691. The molecule has 0 aliphatic heterocycles. The highest BCUT2D eigenvalue weighted by molar-refractivity contribution is 6.32. The van der Waals surface area contributed by atoms with Crippen LogP contribution in [0.1, 0.15) is 11.1 Å². The molecule has 2 rings (SSSR count). The number of halogens is 3. The molecule has 0 heterocycles. The van der Waals surface area contributed by atoms with Crippen LogP contribution in [0.25, 0.3) is 0 Å². The zero-order chi connectivity index (χ0) is 15.4. The molecule has 0 fully saturated rings. The highest BCUT2D eigenvalue weighted by Crippen LogP contribution is 2.37. The molecule has 0 aromatic heterocycles. The highest BCUT2D eigenvalue weighted by atomic mass is 35.5. The van der Waals surface area contributed by atoms with Gasteiger partial charge < -0.3 is 15.2 Å². The molecule has 2 aromatic carbocycles. The highest BCUT2D eigenvalue weighted by Gasteiger charge is 2.13. The van der Waals surface area contributed by atoms with Gasteiger partial charge in [0.2, 0.25) is 0 Å². The molecule has 0 unspecified atom stereocenters. The number of hydrogen-bond acceptors (Lipinski definition) is 3. The maximum Gasteiger partial charge on any atom is 0.180 e. The minimum Gasteiger partial charge on any atom is -0.493 e. The zero-order valence-electron chi connectivity index (χ0n) is 11.3. The van der Waals surface area contributed by atoms with Crippen LogP contribution in [0.3, 0.4) is 0 Å². The Morgan fingerprint density at radius 1 is 1.14 bits per heavy atom. The van der Waals surface area contributed by atoms with Gasteiger partial charge in [-0.3, -0.25) is 0 Å². The summed E-state index contributed by atoms with van der Waals surface area (Å²) in [5.41, 5.74) is 7.07. The Bertz CT molecular complexity index is 650.